The summed E-state index contributed by atoms with van der Waals surface area (Å²) in [5, 5.41) is 0. The molecule has 1 saturated carbocycles. The monoisotopic (exact) mass is 343 g/mol. The number of hydrogen-bond donors (Lipinski definition) is 0. The van der Waals surface area contributed by atoms with E-state index < -0.39 is 0 Å². The van der Waals surface area contributed by atoms with Crippen molar-refractivity contribution in [2.45, 2.75) is 57.1 Å². The predicted molar refractivity (Wildman–Crippen MR) is 93.5 cm³/mol. The Morgan fingerprint density at radius 2 is 2.16 bits per heavy atom. The minimum Gasteiger partial charge on any atom is -0.469 e. The number of methoxy groups -OCH3 is 1. The summed E-state index contributed by atoms with van der Waals surface area (Å²) in [4.78, 5) is 26.7. The number of carbonyl (C=O) groups excluding carboxylic acids is 2. The molecule has 0 N–H and O–H groups in total. The maximum absolute atomic E-state index is 12.8. The first-order valence-electron chi connectivity index (χ1n) is 9.29. The van der Waals surface area contributed by atoms with Crippen molar-refractivity contribution >= 4 is 17.6 Å². The molecule has 1 saturated heterocycles. The summed E-state index contributed by atoms with van der Waals surface area (Å²) in [5.41, 5.74) is 3.19. The summed E-state index contributed by atoms with van der Waals surface area (Å²) in [6, 6.07) is 6.33. The van der Waals surface area contributed by atoms with Gasteiger partial charge >= 0.3 is 5.97 Å². The molecule has 4 atom stereocenters. The van der Waals surface area contributed by atoms with Gasteiger partial charge in [-0.3, -0.25) is 9.59 Å². The van der Waals surface area contributed by atoms with Crippen molar-refractivity contribution in [1.29, 1.82) is 0 Å². The van der Waals surface area contributed by atoms with Crippen LogP contribution in [0.1, 0.15) is 49.7 Å². The second kappa shape index (κ2) is 6.45. The standard InChI is InChI=1S/C20H25NO4/c1-3-8-25-18-11-14-10-17(18)19(22)21(14)13-5-7-15-12(9-13)4-6-16(15)20(23)24-2/h5,7,9,14,16-18H,3-4,6,8,10-11H2,1-2H3/t14-,16?,17+,18+/m0/s1. The predicted octanol–water partition coefficient (Wildman–Crippen LogP) is 2.81. The SMILES string of the molecule is CCCO[C@@H]1C[C@@H]2C[C@H]1C(=O)N2c1ccc2c(c1)CCC2C(=O)OC. The van der Waals surface area contributed by atoms with E-state index in [4.69, 9.17) is 9.47 Å². The number of benzene rings is 1. The Labute approximate surface area is 148 Å². The Morgan fingerprint density at radius 3 is 2.88 bits per heavy atom. The summed E-state index contributed by atoms with van der Waals surface area (Å²) < 4.78 is 10.8. The van der Waals surface area contributed by atoms with E-state index in [-0.39, 0.29) is 35.9 Å². The third kappa shape index (κ3) is 2.65. The molecule has 2 aliphatic carbocycles. The van der Waals surface area contributed by atoms with Crippen LogP contribution in [0.2, 0.25) is 0 Å². The van der Waals surface area contributed by atoms with Gasteiger partial charge in [0, 0.05) is 18.3 Å². The zero-order chi connectivity index (χ0) is 17.6. The van der Waals surface area contributed by atoms with Gasteiger partial charge in [0.05, 0.1) is 25.0 Å². The highest BCUT2D eigenvalue weighted by molar-refractivity contribution is 5.99. The normalized spacial score (nSPS) is 30.0. The number of amides is 1. The number of fused-ring (bicyclic) bond motifs is 3. The second-order valence-corrected chi connectivity index (χ2v) is 7.35. The van der Waals surface area contributed by atoms with Gasteiger partial charge in [0.25, 0.3) is 0 Å². The quantitative estimate of drug-likeness (QED) is 0.772. The molecule has 4 rings (SSSR count). The number of piperidine rings is 1. The van der Waals surface area contributed by atoms with Crippen LogP contribution in [-0.2, 0) is 25.5 Å². The van der Waals surface area contributed by atoms with E-state index in [9.17, 15) is 9.59 Å². The summed E-state index contributed by atoms with van der Waals surface area (Å²) >= 11 is 0. The van der Waals surface area contributed by atoms with Crippen LogP contribution in [0.15, 0.2) is 18.2 Å². The van der Waals surface area contributed by atoms with E-state index in [2.05, 4.69) is 13.0 Å². The number of carbonyl (C=O) groups is 2. The molecule has 1 aromatic carbocycles. The number of rotatable bonds is 5. The molecular weight excluding hydrogens is 318 g/mol. The van der Waals surface area contributed by atoms with Crippen LogP contribution in [0.5, 0.6) is 0 Å². The lowest BCUT2D eigenvalue weighted by molar-refractivity contribution is -0.142. The van der Waals surface area contributed by atoms with Crippen LogP contribution in [-0.4, -0.2) is 37.7 Å². The van der Waals surface area contributed by atoms with Gasteiger partial charge in [-0.1, -0.05) is 13.0 Å². The average Bonchev–Trinajstić information content (AvgIpc) is 3.30. The van der Waals surface area contributed by atoms with Crippen LogP contribution >= 0.6 is 0 Å². The fraction of sp³-hybridized carbons (Fsp3) is 0.600. The van der Waals surface area contributed by atoms with Gasteiger partial charge < -0.3 is 14.4 Å². The Kier molecular flexibility index (Phi) is 4.28. The molecular formula is C20H25NO4. The molecule has 5 heteroatoms. The third-order valence-corrected chi connectivity index (χ3v) is 5.90. The molecule has 1 amide bonds. The molecule has 3 aliphatic rings. The van der Waals surface area contributed by atoms with E-state index in [1.54, 1.807) is 0 Å². The van der Waals surface area contributed by atoms with Crippen molar-refractivity contribution < 1.29 is 19.1 Å². The van der Waals surface area contributed by atoms with Crippen LogP contribution in [0.25, 0.3) is 0 Å². The van der Waals surface area contributed by atoms with Crippen molar-refractivity contribution in [2.75, 3.05) is 18.6 Å². The molecule has 1 aliphatic heterocycles. The molecule has 5 nitrogen and oxygen atoms in total. The van der Waals surface area contributed by atoms with Crippen molar-refractivity contribution in [3.63, 3.8) is 0 Å². The van der Waals surface area contributed by atoms with Crippen molar-refractivity contribution in [3.8, 4) is 0 Å². The van der Waals surface area contributed by atoms with E-state index >= 15 is 0 Å². The minimum absolute atomic E-state index is 0.00706. The molecule has 2 bridgehead atoms. The van der Waals surface area contributed by atoms with Crippen LogP contribution < -0.4 is 4.90 Å². The van der Waals surface area contributed by atoms with E-state index in [1.807, 2.05) is 17.0 Å². The van der Waals surface area contributed by atoms with Gasteiger partial charge in [0.1, 0.15) is 0 Å². The average molecular weight is 343 g/mol. The maximum atomic E-state index is 12.8. The third-order valence-electron chi connectivity index (χ3n) is 5.90. The van der Waals surface area contributed by atoms with Crippen LogP contribution in [0.3, 0.4) is 0 Å². The highest BCUT2D eigenvalue weighted by Crippen LogP contribution is 2.44. The van der Waals surface area contributed by atoms with Crippen LogP contribution in [0.4, 0.5) is 5.69 Å². The molecule has 0 aromatic heterocycles. The zero-order valence-corrected chi connectivity index (χ0v) is 14.9. The first-order chi connectivity index (χ1) is 12.1. The van der Waals surface area contributed by atoms with Crippen molar-refractivity contribution in [2.24, 2.45) is 5.92 Å². The molecule has 25 heavy (non-hydrogen) atoms. The number of hydrogen-bond acceptors (Lipinski definition) is 4. The van der Waals surface area contributed by atoms with Gasteiger partial charge in [0.2, 0.25) is 5.91 Å². The zero-order valence-electron chi connectivity index (χ0n) is 14.9. The molecule has 0 spiro atoms. The fourth-order valence-electron chi connectivity index (χ4n) is 4.74. The lowest BCUT2D eigenvalue weighted by atomic mass is 10.00. The Hall–Kier alpha value is -1.88. The van der Waals surface area contributed by atoms with E-state index in [0.717, 1.165) is 50.0 Å². The Bertz CT molecular complexity index is 701. The van der Waals surface area contributed by atoms with Gasteiger partial charge in [-0.25, -0.2) is 0 Å². The summed E-state index contributed by atoms with van der Waals surface area (Å²) in [6.07, 6.45) is 4.55. The molecule has 134 valence electrons. The number of nitrogens with zero attached hydrogens (tertiary/aromatic N) is 1. The molecule has 0 radical (unpaired) electrons. The van der Waals surface area contributed by atoms with E-state index in [0.29, 0.717) is 0 Å². The van der Waals surface area contributed by atoms with Gasteiger partial charge in [0.15, 0.2) is 0 Å². The minimum atomic E-state index is -0.168. The second-order valence-electron chi connectivity index (χ2n) is 7.35. The highest BCUT2D eigenvalue weighted by atomic mass is 16.5. The van der Waals surface area contributed by atoms with Crippen molar-refractivity contribution in [3.05, 3.63) is 29.3 Å². The molecule has 2 fully saturated rings. The lowest BCUT2D eigenvalue weighted by Gasteiger charge is -2.31. The largest absolute Gasteiger partial charge is 0.469 e. The first kappa shape index (κ1) is 16.6. The molecule has 1 aromatic rings. The molecule has 1 unspecified atom stereocenters. The van der Waals surface area contributed by atoms with Gasteiger partial charge in [-0.05, 0) is 55.4 Å². The Morgan fingerprint density at radius 1 is 1.32 bits per heavy atom. The van der Waals surface area contributed by atoms with Crippen LogP contribution in [0, 0.1) is 5.92 Å². The smallest absolute Gasteiger partial charge is 0.313 e. The number of anilines is 1. The summed E-state index contributed by atoms with van der Waals surface area (Å²) in [5.74, 6) is -0.127. The number of esters is 1. The highest BCUT2D eigenvalue weighted by Gasteiger charge is 2.51. The first-order valence-corrected chi connectivity index (χ1v) is 9.29. The summed E-state index contributed by atoms with van der Waals surface area (Å²) in [7, 11) is 1.44. The van der Waals surface area contributed by atoms with Gasteiger partial charge in [-0.2, -0.15) is 0 Å². The van der Waals surface area contributed by atoms with Crippen molar-refractivity contribution in [1.82, 2.24) is 0 Å². The number of ether oxygens (including phenoxy) is 2. The molecule has 1 heterocycles. The lowest BCUT2D eigenvalue weighted by Crippen LogP contribution is -2.43. The van der Waals surface area contributed by atoms with Gasteiger partial charge in [-0.15, -0.1) is 0 Å². The Balaban J connectivity index is 1.53. The topological polar surface area (TPSA) is 55.8 Å². The number of aryl methyl sites for hydroxylation is 1. The fourth-order valence-corrected chi connectivity index (χ4v) is 4.74. The maximum Gasteiger partial charge on any atom is 0.313 e. The van der Waals surface area contributed by atoms with E-state index in [1.165, 1.54) is 12.7 Å². The summed E-state index contributed by atoms with van der Waals surface area (Å²) in [6.45, 7) is 2.82.